The Hall–Kier alpha value is -2.69. The van der Waals surface area contributed by atoms with Crippen molar-refractivity contribution in [2.75, 3.05) is 0 Å². The number of hydrogen-bond acceptors (Lipinski definition) is 4. The highest BCUT2D eigenvalue weighted by molar-refractivity contribution is 6.49. The van der Waals surface area contributed by atoms with Gasteiger partial charge in [-0.3, -0.25) is 4.79 Å². The van der Waals surface area contributed by atoms with Crippen molar-refractivity contribution in [2.45, 2.75) is 6.42 Å². The van der Waals surface area contributed by atoms with Gasteiger partial charge < -0.3 is 10.3 Å². The number of ketones is 1. The SMILES string of the molecule is O=C1/C(=N\O)Cc2ccc(-c3ccc(O)c(F)c3)cc21. The summed E-state index contributed by atoms with van der Waals surface area (Å²) in [6.07, 6.45) is 0.300. The van der Waals surface area contributed by atoms with E-state index in [-0.39, 0.29) is 11.5 Å². The maximum absolute atomic E-state index is 13.4. The zero-order valence-corrected chi connectivity index (χ0v) is 10.3. The van der Waals surface area contributed by atoms with E-state index < -0.39 is 11.6 Å². The second kappa shape index (κ2) is 4.45. The molecule has 0 fully saturated rings. The van der Waals surface area contributed by atoms with Crippen molar-refractivity contribution in [1.29, 1.82) is 0 Å². The monoisotopic (exact) mass is 271 g/mol. The van der Waals surface area contributed by atoms with Crippen LogP contribution < -0.4 is 0 Å². The Kier molecular flexibility index (Phi) is 2.75. The minimum atomic E-state index is -0.716. The summed E-state index contributed by atoms with van der Waals surface area (Å²) in [6.45, 7) is 0. The molecule has 0 aliphatic heterocycles. The third-order valence-electron chi connectivity index (χ3n) is 3.38. The lowest BCUT2D eigenvalue weighted by atomic mass is 10.00. The number of aromatic hydroxyl groups is 1. The number of Topliss-reactive ketones (excluding diaryl/α,β-unsaturated/α-hetero) is 1. The Labute approximate surface area is 113 Å². The Bertz CT molecular complexity index is 753. The molecule has 20 heavy (non-hydrogen) atoms. The van der Waals surface area contributed by atoms with E-state index in [1.807, 2.05) is 0 Å². The molecule has 3 rings (SSSR count). The van der Waals surface area contributed by atoms with Crippen LogP contribution >= 0.6 is 0 Å². The molecule has 0 bridgehead atoms. The third-order valence-corrected chi connectivity index (χ3v) is 3.38. The third kappa shape index (κ3) is 1.84. The Balaban J connectivity index is 2.08. The highest BCUT2D eigenvalue weighted by Crippen LogP contribution is 2.29. The Morgan fingerprint density at radius 2 is 1.80 bits per heavy atom. The lowest BCUT2D eigenvalue weighted by Crippen LogP contribution is -2.06. The summed E-state index contributed by atoms with van der Waals surface area (Å²) < 4.78 is 13.4. The fourth-order valence-electron chi connectivity index (χ4n) is 2.30. The number of phenols is 1. The van der Waals surface area contributed by atoms with Crippen molar-refractivity contribution in [3.8, 4) is 16.9 Å². The standard InChI is InChI=1S/C15H10FNO3/c16-12-6-9(3-4-14(12)18)8-1-2-10-7-13(17-20)15(19)11(10)5-8/h1-6,18,20H,7H2/b17-13-. The molecule has 4 nitrogen and oxygen atoms in total. The van der Waals surface area contributed by atoms with Crippen LogP contribution in [-0.2, 0) is 6.42 Å². The fourth-order valence-corrected chi connectivity index (χ4v) is 2.30. The molecule has 0 aromatic heterocycles. The van der Waals surface area contributed by atoms with Crippen LogP contribution in [0.25, 0.3) is 11.1 Å². The van der Waals surface area contributed by atoms with Crippen molar-refractivity contribution in [3.05, 3.63) is 53.3 Å². The van der Waals surface area contributed by atoms with E-state index in [0.717, 1.165) is 5.56 Å². The highest BCUT2D eigenvalue weighted by Gasteiger charge is 2.27. The normalized spacial score (nSPS) is 15.7. The van der Waals surface area contributed by atoms with Gasteiger partial charge in [-0.15, -0.1) is 0 Å². The summed E-state index contributed by atoms with van der Waals surface area (Å²) in [6, 6.07) is 9.20. The van der Waals surface area contributed by atoms with Crippen LogP contribution in [0, 0.1) is 5.82 Å². The molecule has 5 heteroatoms. The number of phenolic OH excluding ortho intramolecular Hbond substituents is 1. The second-order valence-corrected chi connectivity index (χ2v) is 4.59. The van der Waals surface area contributed by atoms with Gasteiger partial charge in [0.15, 0.2) is 11.6 Å². The van der Waals surface area contributed by atoms with Gasteiger partial charge in [0.2, 0.25) is 5.78 Å². The number of carbonyl (C=O) groups is 1. The minimum absolute atomic E-state index is 0.106. The van der Waals surface area contributed by atoms with Gasteiger partial charge in [0.25, 0.3) is 0 Å². The maximum Gasteiger partial charge on any atom is 0.211 e. The smallest absolute Gasteiger partial charge is 0.211 e. The molecule has 0 unspecified atom stereocenters. The van der Waals surface area contributed by atoms with Crippen LogP contribution in [0.3, 0.4) is 0 Å². The molecule has 100 valence electrons. The fraction of sp³-hybridized carbons (Fsp3) is 0.0667. The first-order chi connectivity index (χ1) is 9.60. The number of carbonyl (C=O) groups excluding carboxylic acids is 1. The maximum atomic E-state index is 13.4. The molecule has 2 aromatic carbocycles. The Morgan fingerprint density at radius 1 is 1.10 bits per heavy atom. The molecular formula is C15H10FNO3. The molecule has 0 radical (unpaired) electrons. The zero-order valence-electron chi connectivity index (χ0n) is 10.3. The largest absolute Gasteiger partial charge is 0.505 e. The van der Waals surface area contributed by atoms with E-state index in [1.165, 1.54) is 12.1 Å². The quantitative estimate of drug-likeness (QED) is 0.619. The van der Waals surface area contributed by atoms with E-state index >= 15 is 0 Å². The molecule has 2 N–H and O–H groups in total. The summed E-state index contributed by atoms with van der Waals surface area (Å²) >= 11 is 0. The van der Waals surface area contributed by atoms with E-state index in [1.54, 1.807) is 24.3 Å². The van der Waals surface area contributed by atoms with Crippen LogP contribution in [0.1, 0.15) is 15.9 Å². The number of fused-ring (bicyclic) bond motifs is 1. The van der Waals surface area contributed by atoms with Crippen molar-refractivity contribution < 1.29 is 19.5 Å². The van der Waals surface area contributed by atoms with Gasteiger partial charge in [0.05, 0.1) is 0 Å². The number of oxime groups is 1. The summed E-state index contributed by atoms with van der Waals surface area (Å²) in [5.74, 6) is -1.45. The molecule has 0 saturated heterocycles. The molecule has 1 aliphatic carbocycles. The summed E-state index contributed by atoms with van der Waals surface area (Å²) in [5, 5.41) is 20.9. The topological polar surface area (TPSA) is 69.9 Å². The van der Waals surface area contributed by atoms with Gasteiger partial charge in [-0.1, -0.05) is 23.4 Å². The van der Waals surface area contributed by atoms with Gasteiger partial charge in [0.1, 0.15) is 5.71 Å². The molecule has 0 amide bonds. The van der Waals surface area contributed by atoms with E-state index in [2.05, 4.69) is 5.16 Å². The van der Waals surface area contributed by atoms with Gasteiger partial charge in [-0.25, -0.2) is 4.39 Å². The molecule has 2 aromatic rings. The summed E-state index contributed by atoms with van der Waals surface area (Å²) in [7, 11) is 0. The number of benzene rings is 2. The van der Waals surface area contributed by atoms with Crippen molar-refractivity contribution in [1.82, 2.24) is 0 Å². The van der Waals surface area contributed by atoms with Gasteiger partial charge in [-0.05, 0) is 34.9 Å². The predicted octanol–water partition coefficient (Wildman–Crippen LogP) is 2.77. The number of halogens is 1. The molecule has 0 heterocycles. The lowest BCUT2D eigenvalue weighted by Gasteiger charge is -2.05. The Morgan fingerprint density at radius 3 is 2.50 bits per heavy atom. The number of rotatable bonds is 1. The molecule has 1 aliphatic rings. The van der Waals surface area contributed by atoms with Crippen molar-refractivity contribution in [3.63, 3.8) is 0 Å². The van der Waals surface area contributed by atoms with Gasteiger partial charge in [-0.2, -0.15) is 0 Å². The summed E-state index contributed by atoms with van der Waals surface area (Å²) in [5.41, 5.74) is 2.57. The predicted molar refractivity (Wildman–Crippen MR) is 70.8 cm³/mol. The minimum Gasteiger partial charge on any atom is -0.505 e. The average molecular weight is 271 g/mol. The van der Waals surface area contributed by atoms with Gasteiger partial charge in [0, 0.05) is 12.0 Å². The van der Waals surface area contributed by atoms with E-state index in [0.29, 0.717) is 23.1 Å². The van der Waals surface area contributed by atoms with Gasteiger partial charge >= 0.3 is 0 Å². The molecular weight excluding hydrogens is 261 g/mol. The van der Waals surface area contributed by atoms with E-state index in [4.69, 9.17) is 5.21 Å². The van der Waals surface area contributed by atoms with E-state index in [9.17, 15) is 14.3 Å². The molecule has 0 spiro atoms. The molecule has 0 atom stereocenters. The second-order valence-electron chi connectivity index (χ2n) is 4.59. The van der Waals surface area contributed by atoms with Crippen molar-refractivity contribution in [2.24, 2.45) is 5.16 Å². The van der Waals surface area contributed by atoms with Crippen LogP contribution in [-0.4, -0.2) is 21.8 Å². The highest BCUT2D eigenvalue weighted by atomic mass is 19.1. The zero-order chi connectivity index (χ0) is 14.3. The first-order valence-corrected chi connectivity index (χ1v) is 5.97. The first kappa shape index (κ1) is 12.3. The van der Waals surface area contributed by atoms with Crippen LogP contribution in [0.2, 0.25) is 0 Å². The average Bonchev–Trinajstić information content (AvgIpc) is 2.78. The van der Waals surface area contributed by atoms with Crippen LogP contribution in [0.4, 0.5) is 4.39 Å². The molecule has 0 saturated carbocycles. The lowest BCUT2D eigenvalue weighted by molar-refractivity contribution is 0.106. The number of hydrogen-bond donors (Lipinski definition) is 2. The number of nitrogens with zero attached hydrogens (tertiary/aromatic N) is 1. The summed E-state index contributed by atoms with van der Waals surface area (Å²) in [4.78, 5) is 11.9. The first-order valence-electron chi connectivity index (χ1n) is 5.97. The van der Waals surface area contributed by atoms with Crippen LogP contribution in [0.5, 0.6) is 5.75 Å². The van der Waals surface area contributed by atoms with Crippen molar-refractivity contribution >= 4 is 11.5 Å². The van der Waals surface area contributed by atoms with Crippen LogP contribution in [0.15, 0.2) is 41.6 Å².